The molecule has 1 aromatic carbocycles. The molecular formula is C14H18ClN4O8P. The average molecular weight is 437 g/mol. The van der Waals surface area contributed by atoms with Crippen molar-refractivity contribution in [3.8, 4) is 0 Å². The van der Waals surface area contributed by atoms with Crippen LogP contribution in [0, 0.1) is 10.1 Å². The van der Waals surface area contributed by atoms with E-state index in [1.807, 2.05) is 0 Å². The number of halogens is 1. The third kappa shape index (κ3) is 4.17. The fourth-order valence-corrected chi connectivity index (χ4v) is 4.12. The molecule has 0 radical (unpaired) electrons. The van der Waals surface area contributed by atoms with E-state index in [-0.39, 0.29) is 67.3 Å². The number of aromatic amines is 2. The van der Waals surface area contributed by atoms with Gasteiger partial charge >= 0.3 is 18.7 Å². The average Bonchev–Trinajstić information content (AvgIpc) is 2.60. The van der Waals surface area contributed by atoms with E-state index in [4.69, 9.17) is 4.74 Å². The van der Waals surface area contributed by atoms with Gasteiger partial charge in [-0.15, -0.1) is 12.4 Å². The zero-order chi connectivity index (χ0) is 19.8. The molecule has 3 rings (SSSR count). The highest BCUT2D eigenvalue weighted by molar-refractivity contribution is 7.53. The molecule has 0 aliphatic carbocycles. The molecule has 1 aromatic heterocycles. The molecule has 0 saturated carbocycles. The smallest absolute Gasteiger partial charge is 0.345 e. The summed E-state index contributed by atoms with van der Waals surface area (Å²) in [5.74, 6) is 0. The number of H-pyrrole nitrogens is 2. The fraction of sp³-hybridized carbons (Fsp3) is 0.429. The van der Waals surface area contributed by atoms with Gasteiger partial charge in [-0.05, 0) is 5.56 Å². The Balaban J connectivity index is 0.00000280. The summed E-state index contributed by atoms with van der Waals surface area (Å²) in [4.78, 5) is 57.8. The Hall–Kier alpha value is -2.08. The summed E-state index contributed by atoms with van der Waals surface area (Å²) in [7, 11) is -4.57. The van der Waals surface area contributed by atoms with E-state index in [2.05, 4.69) is 15.3 Å². The van der Waals surface area contributed by atoms with E-state index >= 15 is 0 Å². The van der Waals surface area contributed by atoms with Gasteiger partial charge in [0.1, 0.15) is 5.28 Å². The first-order valence-electron chi connectivity index (χ1n) is 7.95. The van der Waals surface area contributed by atoms with Crippen LogP contribution >= 0.6 is 20.0 Å². The number of aromatic nitrogens is 2. The number of rotatable bonds is 5. The van der Waals surface area contributed by atoms with Crippen molar-refractivity contribution < 1.29 is 24.0 Å². The zero-order valence-electron chi connectivity index (χ0n) is 14.3. The monoisotopic (exact) mass is 436 g/mol. The maximum Gasteiger partial charge on any atom is 0.345 e. The molecule has 28 heavy (non-hydrogen) atoms. The molecular weight excluding hydrogens is 419 g/mol. The van der Waals surface area contributed by atoms with E-state index < -0.39 is 28.9 Å². The van der Waals surface area contributed by atoms with Gasteiger partial charge in [0.2, 0.25) is 0 Å². The second-order valence-corrected chi connectivity index (χ2v) is 8.18. The normalized spacial score (nSPS) is 16.5. The third-order valence-electron chi connectivity index (χ3n) is 4.59. The Morgan fingerprint density at radius 2 is 1.82 bits per heavy atom. The second-order valence-electron chi connectivity index (χ2n) is 6.23. The number of non-ortho nitro benzene ring substituents is 1. The number of nitrogens with zero attached hydrogens (tertiary/aromatic N) is 1. The highest BCUT2D eigenvalue weighted by Crippen LogP contribution is 2.54. The van der Waals surface area contributed by atoms with Crippen molar-refractivity contribution >= 4 is 36.7 Å². The van der Waals surface area contributed by atoms with E-state index in [1.165, 1.54) is 6.07 Å². The summed E-state index contributed by atoms with van der Waals surface area (Å²) in [5, 5.41) is 12.4. The van der Waals surface area contributed by atoms with Crippen LogP contribution in [0.25, 0.3) is 11.0 Å². The molecule has 154 valence electrons. The van der Waals surface area contributed by atoms with Crippen LogP contribution in [0.4, 0.5) is 5.69 Å². The van der Waals surface area contributed by atoms with Crippen LogP contribution in [0.5, 0.6) is 0 Å². The molecule has 0 spiro atoms. The Morgan fingerprint density at radius 1 is 1.21 bits per heavy atom. The van der Waals surface area contributed by atoms with Crippen molar-refractivity contribution in [2.45, 2.75) is 24.7 Å². The lowest BCUT2D eigenvalue weighted by molar-refractivity contribution is -0.384. The summed E-state index contributed by atoms with van der Waals surface area (Å²) >= 11 is 0. The standard InChI is InChI=1S/C14H17N4O8P.ClH/c19-12-13(20)17-11-8(5-9(18(21)22)6-10(11)16-12)7-15-14(27(23,24)25)1-3-26-4-2-14;/h5-6,15H,1-4,7H2,(H,16,19)(H,17,20)(H2,23,24,25);1H. The molecule has 1 aliphatic rings. The van der Waals surface area contributed by atoms with Crippen molar-refractivity contribution in [1.29, 1.82) is 0 Å². The highest BCUT2D eigenvalue weighted by Gasteiger charge is 2.47. The van der Waals surface area contributed by atoms with Gasteiger partial charge in [0.25, 0.3) is 5.69 Å². The van der Waals surface area contributed by atoms with Crippen LogP contribution < -0.4 is 16.4 Å². The van der Waals surface area contributed by atoms with E-state index in [9.17, 15) is 34.1 Å². The van der Waals surface area contributed by atoms with Crippen LogP contribution in [0.15, 0.2) is 21.7 Å². The van der Waals surface area contributed by atoms with Gasteiger partial charge in [-0.2, -0.15) is 0 Å². The van der Waals surface area contributed by atoms with Gasteiger partial charge in [-0.1, -0.05) is 0 Å². The SMILES string of the molecule is Cl.O=c1[nH]c2cc([N+](=O)[O-])cc(CNC3(P(=O)(O)O)CCOCC3)c2[nH]c1=O. The van der Waals surface area contributed by atoms with Gasteiger partial charge in [0, 0.05) is 44.7 Å². The largest absolute Gasteiger partial charge is 0.381 e. The summed E-state index contributed by atoms with van der Waals surface area (Å²) in [6.45, 7) is 0.126. The number of fused-ring (bicyclic) bond motifs is 1. The third-order valence-corrected chi connectivity index (χ3v) is 6.31. The molecule has 2 aromatic rings. The molecule has 14 heteroatoms. The minimum Gasteiger partial charge on any atom is -0.381 e. The van der Waals surface area contributed by atoms with E-state index in [0.717, 1.165) is 6.07 Å². The number of hydrogen-bond donors (Lipinski definition) is 5. The summed E-state index contributed by atoms with van der Waals surface area (Å²) in [6.07, 6.45) is 0.106. The van der Waals surface area contributed by atoms with Crippen LogP contribution in [-0.4, -0.2) is 43.2 Å². The lowest BCUT2D eigenvalue weighted by atomic mass is 10.1. The molecule has 1 fully saturated rings. The lowest BCUT2D eigenvalue weighted by Gasteiger charge is -2.38. The number of nitro benzene ring substituents is 1. The predicted molar refractivity (Wildman–Crippen MR) is 101 cm³/mol. The Morgan fingerprint density at radius 3 is 2.39 bits per heavy atom. The van der Waals surface area contributed by atoms with Gasteiger partial charge in [-0.25, -0.2) is 0 Å². The minimum absolute atomic E-state index is 0. The first-order valence-corrected chi connectivity index (χ1v) is 9.56. The number of nitro groups is 1. The topological polar surface area (TPSA) is 188 Å². The zero-order valence-corrected chi connectivity index (χ0v) is 16.0. The first kappa shape index (κ1) is 22.2. The van der Waals surface area contributed by atoms with Gasteiger partial charge in [0.15, 0.2) is 0 Å². The van der Waals surface area contributed by atoms with E-state index in [1.54, 1.807) is 0 Å². The molecule has 0 unspecified atom stereocenters. The molecule has 1 aliphatic heterocycles. The summed E-state index contributed by atoms with van der Waals surface area (Å²) in [5.41, 5.74) is -1.83. The summed E-state index contributed by atoms with van der Waals surface area (Å²) in [6, 6.07) is 2.28. The summed E-state index contributed by atoms with van der Waals surface area (Å²) < 4.78 is 17.2. The molecule has 0 atom stereocenters. The number of nitrogens with one attached hydrogen (secondary N) is 3. The Kier molecular flexibility index (Phi) is 6.44. The minimum atomic E-state index is -4.57. The maximum atomic E-state index is 12.0. The van der Waals surface area contributed by atoms with Crippen LogP contribution in [0.3, 0.4) is 0 Å². The molecule has 1 saturated heterocycles. The lowest BCUT2D eigenvalue weighted by Crippen LogP contribution is -2.48. The second kappa shape index (κ2) is 8.11. The number of benzene rings is 1. The van der Waals surface area contributed by atoms with Gasteiger partial charge in [-0.3, -0.25) is 29.6 Å². The van der Waals surface area contributed by atoms with Gasteiger partial charge < -0.3 is 24.5 Å². The Bertz CT molecular complexity index is 1060. The highest BCUT2D eigenvalue weighted by atomic mass is 35.5. The van der Waals surface area contributed by atoms with Crippen molar-refractivity contribution in [3.05, 3.63) is 48.5 Å². The maximum absolute atomic E-state index is 12.0. The molecule has 0 bridgehead atoms. The quantitative estimate of drug-likeness (QED) is 0.190. The molecule has 12 nitrogen and oxygen atoms in total. The van der Waals surface area contributed by atoms with Gasteiger partial charge in [0.05, 0.1) is 16.0 Å². The predicted octanol–water partition coefficient (Wildman–Crippen LogP) is 0.320. The first-order chi connectivity index (χ1) is 12.6. The fourth-order valence-electron chi connectivity index (χ4n) is 3.07. The van der Waals surface area contributed by atoms with Crippen LogP contribution in [-0.2, 0) is 15.8 Å². The van der Waals surface area contributed by atoms with Crippen molar-refractivity contribution in [2.24, 2.45) is 0 Å². The molecule has 5 N–H and O–H groups in total. The Labute approximate surface area is 163 Å². The van der Waals surface area contributed by atoms with Crippen molar-refractivity contribution in [3.63, 3.8) is 0 Å². The van der Waals surface area contributed by atoms with Crippen molar-refractivity contribution in [1.82, 2.24) is 15.3 Å². The number of ether oxygens (including phenoxy) is 1. The van der Waals surface area contributed by atoms with Crippen molar-refractivity contribution in [2.75, 3.05) is 13.2 Å². The van der Waals surface area contributed by atoms with E-state index in [0.29, 0.717) is 0 Å². The molecule has 0 amide bonds. The van der Waals surface area contributed by atoms with Crippen LogP contribution in [0.2, 0.25) is 0 Å². The molecule has 2 heterocycles. The van der Waals surface area contributed by atoms with Crippen LogP contribution in [0.1, 0.15) is 18.4 Å². The number of hydrogen-bond acceptors (Lipinski definition) is 7.